The minimum atomic E-state index is -3.47. The van der Waals surface area contributed by atoms with Gasteiger partial charge in [-0.3, -0.25) is 4.68 Å². The van der Waals surface area contributed by atoms with Gasteiger partial charge in [0.05, 0.1) is 18.9 Å². The summed E-state index contributed by atoms with van der Waals surface area (Å²) in [6.07, 6.45) is 3.88. The van der Waals surface area contributed by atoms with E-state index in [0.717, 1.165) is 36.9 Å². The van der Waals surface area contributed by atoms with Crippen LogP contribution in [0.25, 0.3) is 0 Å². The molecule has 2 unspecified atom stereocenters. The molecule has 0 aromatic carbocycles. The number of aromatic nitrogens is 2. The van der Waals surface area contributed by atoms with Crippen LogP contribution in [-0.2, 0) is 34.6 Å². The van der Waals surface area contributed by atoms with Gasteiger partial charge in [0.1, 0.15) is 0 Å². The van der Waals surface area contributed by atoms with Crippen LogP contribution >= 0.6 is 0 Å². The second-order valence-electron chi connectivity index (χ2n) is 7.22. The van der Waals surface area contributed by atoms with Crippen molar-refractivity contribution in [1.29, 1.82) is 0 Å². The first-order valence-electron chi connectivity index (χ1n) is 8.04. The number of aryl methyl sites for hydroxylation is 2. The molecule has 0 amide bonds. The minimum Gasteiger partial charge on any atom is -0.380 e. The zero-order valence-electron chi connectivity index (χ0n) is 13.2. The molecule has 0 saturated carbocycles. The number of nitrogens with zero attached hydrogens (tertiary/aromatic N) is 3. The zero-order chi connectivity index (χ0) is 15.5. The summed E-state index contributed by atoms with van der Waals surface area (Å²) in [5.41, 5.74) is 1.89. The molecule has 1 aromatic rings. The van der Waals surface area contributed by atoms with Crippen LogP contribution < -0.4 is 0 Å². The lowest BCUT2D eigenvalue weighted by Gasteiger charge is -2.22. The van der Waals surface area contributed by atoms with Crippen LogP contribution in [0, 0.1) is 11.3 Å². The van der Waals surface area contributed by atoms with Crippen LogP contribution in [0.5, 0.6) is 0 Å². The Bertz CT molecular complexity index is 712. The van der Waals surface area contributed by atoms with E-state index in [9.17, 15) is 8.42 Å². The second-order valence-corrected chi connectivity index (χ2v) is 9.08. The fourth-order valence-electron chi connectivity index (χ4n) is 4.19. The maximum atomic E-state index is 13.2. The van der Waals surface area contributed by atoms with E-state index in [2.05, 4.69) is 12.0 Å². The predicted octanol–water partition coefficient (Wildman–Crippen LogP) is 0.956. The number of fused-ring (bicyclic) bond motifs is 2. The van der Waals surface area contributed by atoms with E-state index in [1.54, 1.807) is 16.0 Å². The van der Waals surface area contributed by atoms with Crippen molar-refractivity contribution in [1.82, 2.24) is 14.1 Å². The molecule has 0 bridgehead atoms. The molecule has 2 atom stereocenters. The SMILES string of the molecule is Cn1nc2c(c1S(=O)(=O)N1CC3COCC3(C)C1)CCCC2. The van der Waals surface area contributed by atoms with E-state index >= 15 is 0 Å². The van der Waals surface area contributed by atoms with Crippen molar-refractivity contribution in [2.45, 2.75) is 37.6 Å². The van der Waals surface area contributed by atoms with Crippen molar-refractivity contribution in [3.63, 3.8) is 0 Å². The molecular weight excluding hydrogens is 302 g/mol. The lowest BCUT2D eigenvalue weighted by Crippen LogP contribution is -2.34. The van der Waals surface area contributed by atoms with Crippen LogP contribution in [0.4, 0.5) is 0 Å². The third-order valence-electron chi connectivity index (χ3n) is 5.54. The average Bonchev–Trinajstić information content (AvgIpc) is 3.06. The Hall–Kier alpha value is -0.920. The van der Waals surface area contributed by atoms with Gasteiger partial charge in [0, 0.05) is 37.0 Å². The molecular formula is C15H23N3O3S. The predicted molar refractivity (Wildman–Crippen MR) is 81.0 cm³/mol. The molecule has 7 heteroatoms. The molecule has 0 N–H and O–H groups in total. The third kappa shape index (κ3) is 1.98. The van der Waals surface area contributed by atoms with Crippen molar-refractivity contribution in [3.8, 4) is 0 Å². The summed E-state index contributed by atoms with van der Waals surface area (Å²) in [4.78, 5) is 0. The van der Waals surface area contributed by atoms with E-state index in [4.69, 9.17) is 4.74 Å². The molecule has 1 aliphatic carbocycles. The van der Waals surface area contributed by atoms with Gasteiger partial charge in [0.25, 0.3) is 10.0 Å². The Morgan fingerprint density at radius 3 is 2.86 bits per heavy atom. The summed E-state index contributed by atoms with van der Waals surface area (Å²) < 4.78 is 35.2. The zero-order valence-corrected chi connectivity index (χ0v) is 14.0. The van der Waals surface area contributed by atoms with Gasteiger partial charge in [-0.1, -0.05) is 6.92 Å². The minimum absolute atomic E-state index is 0.0360. The van der Waals surface area contributed by atoms with E-state index in [1.807, 2.05) is 0 Å². The van der Waals surface area contributed by atoms with Crippen LogP contribution in [0.1, 0.15) is 31.0 Å². The highest BCUT2D eigenvalue weighted by molar-refractivity contribution is 7.89. The Balaban J connectivity index is 1.72. The quantitative estimate of drug-likeness (QED) is 0.812. The molecule has 0 spiro atoms. The maximum absolute atomic E-state index is 13.2. The first-order valence-corrected chi connectivity index (χ1v) is 9.48. The monoisotopic (exact) mass is 325 g/mol. The van der Waals surface area contributed by atoms with Gasteiger partial charge >= 0.3 is 0 Å². The molecule has 2 fully saturated rings. The van der Waals surface area contributed by atoms with Gasteiger partial charge in [0.15, 0.2) is 5.03 Å². The molecule has 22 heavy (non-hydrogen) atoms. The average molecular weight is 325 g/mol. The molecule has 0 radical (unpaired) electrons. The fraction of sp³-hybridized carbons (Fsp3) is 0.800. The van der Waals surface area contributed by atoms with Crippen molar-refractivity contribution in [2.24, 2.45) is 18.4 Å². The third-order valence-corrected chi connectivity index (χ3v) is 7.50. The highest BCUT2D eigenvalue weighted by atomic mass is 32.2. The van der Waals surface area contributed by atoms with Gasteiger partial charge in [-0.2, -0.15) is 9.40 Å². The van der Waals surface area contributed by atoms with Crippen LogP contribution in [-0.4, -0.2) is 48.8 Å². The molecule has 3 heterocycles. The number of rotatable bonds is 2. The summed E-state index contributed by atoms with van der Waals surface area (Å²) in [6.45, 7) is 4.59. The van der Waals surface area contributed by atoms with E-state index < -0.39 is 10.0 Å². The van der Waals surface area contributed by atoms with E-state index in [-0.39, 0.29) is 5.41 Å². The van der Waals surface area contributed by atoms with Crippen molar-refractivity contribution >= 4 is 10.0 Å². The summed E-state index contributed by atoms with van der Waals surface area (Å²) in [7, 11) is -1.71. The van der Waals surface area contributed by atoms with Crippen LogP contribution in [0.3, 0.4) is 0 Å². The highest BCUT2D eigenvalue weighted by Gasteiger charge is 2.51. The standard InChI is InChI=1S/C15H23N3O3S/c1-15-9-18(7-11(15)8-21-10-15)22(19,20)14-12-5-3-4-6-13(12)16-17(14)2/h11H,3-10H2,1-2H3. The maximum Gasteiger partial charge on any atom is 0.260 e. The first kappa shape index (κ1) is 14.7. The van der Waals surface area contributed by atoms with Gasteiger partial charge in [-0.25, -0.2) is 8.42 Å². The second kappa shape index (κ2) is 4.79. The highest BCUT2D eigenvalue weighted by Crippen LogP contribution is 2.43. The summed E-state index contributed by atoms with van der Waals surface area (Å²) in [5, 5.41) is 4.89. The number of sulfonamides is 1. The van der Waals surface area contributed by atoms with Gasteiger partial charge < -0.3 is 4.74 Å². The van der Waals surface area contributed by atoms with Crippen molar-refractivity contribution < 1.29 is 13.2 Å². The topological polar surface area (TPSA) is 64.4 Å². The molecule has 1 aromatic heterocycles. The molecule has 6 nitrogen and oxygen atoms in total. The van der Waals surface area contributed by atoms with E-state index in [1.165, 1.54) is 0 Å². The smallest absolute Gasteiger partial charge is 0.260 e. The molecule has 2 aliphatic heterocycles. The van der Waals surface area contributed by atoms with Crippen molar-refractivity contribution in [2.75, 3.05) is 26.3 Å². The Morgan fingerprint density at radius 2 is 2.09 bits per heavy atom. The Morgan fingerprint density at radius 1 is 1.32 bits per heavy atom. The molecule has 122 valence electrons. The van der Waals surface area contributed by atoms with Crippen LogP contribution in [0.2, 0.25) is 0 Å². The summed E-state index contributed by atoms with van der Waals surface area (Å²) in [6, 6.07) is 0. The number of ether oxygens (including phenoxy) is 1. The largest absolute Gasteiger partial charge is 0.380 e. The van der Waals surface area contributed by atoms with Gasteiger partial charge in [-0.15, -0.1) is 0 Å². The summed E-state index contributed by atoms with van der Waals surface area (Å²) >= 11 is 0. The van der Waals surface area contributed by atoms with Crippen molar-refractivity contribution in [3.05, 3.63) is 11.3 Å². The summed E-state index contributed by atoms with van der Waals surface area (Å²) in [5.74, 6) is 0.311. The first-order chi connectivity index (χ1) is 10.4. The molecule has 3 aliphatic rings. The number of hydrogen-bond donors (Lipinski definition) is 0. The Labute approximate surface area is 131 Å². The lowest BCUT2D eigenvalue weighted by molar-refractivity contribution is 0.149. The molecule has 2 saturated heterocycles. The normalized spacial score (nSPS) is 32.2. The number of hydrogen-bond acceptors (Lipinski definition) is 4. The lowest BCUT2D eigenvalue weighted by atomic mass is 9.83. The fourth-order valence-corrected chi connectivity index (χ4v) is 6.19. The van der Waals surface area contributed by atoms with Crippen LogP contribution in [0.15, 0.2) is 5.03 Å². The van der Waals surface area contributed by atoms with E-state index in [0.29, 0.717) is 37.2 Å². The van der Waals surface area contributed by atoms with Gasteiger partial charge in [0.2, 0.25) is 0 Å². The van der Waals surface area contributed by atoms with Gasteiger partial charge in [-0.05, 0) is 25.7 Å². The Kier molecular flexibility index (Phi) is 3.19. The molecule has 4 rings (SSSR count).